The highest BCUT2D eigenvalue weighted by Crippen LogP contribution is 2.23. The van der Waals surface area contributed by atoms with Gasteiger partial charge in [0.2, 0.25) is 0 Å². The minimum atomic E-state index is -1.52. The van der Waals surface area contributed by atoms with Crippen molar-refractivity contribution in [1.82, 2.24) is 0 Å². The van der Waals surface area contributed by atoms with Gasteiger partial charge in [0.1, 0.15) is 36.6 Å². The third kappa shape index (κ3) is 3.05. The Morgan fingerprint density at radius 1 is 0.632 bits per heavy atom. The highest BCUT2D eigenvalue weighted by molar-refractivity contribution is 4.86. The van der Waals surface area contributed by atoms with E-state index in [2.05, 4.69) is 0 Å². The van der Waals surface area contributed by atoms with Gasteiger partial charge in [0.25, 0.3) is 0 Å². The van der Waals surface area contributed by atoms with Crippen molar-refractivity contribution in [1.29, 1.82) is 0 Å². The number of aliphatic hydroxyl groups is 6. The molecule has 2 fully saturated rings. The van der Waals surface area contributed by atoms with E-state index >= 15 is 0 Å². The van der Waals surface area contributed by atoms with E-state index < -0.39 is 49.2 Å². The highest BCUT2D eigenvalue weighted by Gasteiger charge is 2.44. The SMILES string of the molecule is O[C@@H]1[C@@H](O)[C@@H](O[C@@H]2OC[C@H](O)[C@H](O)[C@H]2O)OC[C@@H]1O. The molecule has 0 spiro atoms. The van der Waals surface area contributed by atoms with Gasteiger partial charge in [-0.3, -0.25) is 0 Å². The van der Waals surface area contributed by atoms with Gasteiger partial charge < -0.3 is 44.8 Å². The largest absolute Gasteiger partial charge is 0.388 e. The highest BCUT2D eigenvalue weighted by atomic mass is 16.8. The zero-order chi connectivity index (χ0) is 14.2. The Hall–Kier alpha value is -0.360. The summed E-state index contributed by atoms with van der Waals surface area (Å²) < 4.78 is 15.0. The maximum Gasteiger partial charge on any atom is 0.189 e. The molecule has 0 aromatic heterocycles. The molecule has 2 rings (SSSR count). The molecule has 0 aromatic rings. The lowest BCUT2D eigenvalue weighted by atomic mass is 10.0. The first-order valence-electron chi connectivity index (χ1n) is 5.89. The van der Waals surface area contributed by atoms with Crippen LogP contribution in [0.4, 0.5) is 0 Å². The average Bonchev–Trinajstić information content (AvgIpc) is 2.39. The fraction of sp³-hybridized carbons (Fsp3) is 1.00. The number of hydrogen-bond donors (Lipinski definition) is 6. The Morgan fingerprint density at radius 3 is 1.37 bits per heavy atom. The van der Waals surface area contributed by atoms with Crippen molar-refractivity contribution in [2.24, 2.45) is 0 Å². The Balaban J connectivity index is 1.94. The van der Waals surface area contributed by atoms with Crippen LogP contribution < -0.4 is 0 Å². The van der Waals surface area contributed by atoms with Gasteiger partial charge in [0.05, 0.1) is 13.2 Å². The summed E-state index contributed by atoms with van der Waals surface area (Å²) in [6, 6.07) is 0. The summed E-state index contributed by atoms with van der Waals surface area (Å²) in [5.74, 6) is 0. The third-order valence-corrected chi connectivity index (χ3v) is 3.18. The molecule has 2 aliphatic heterocycles. The average molecular weight is 282 g/mol. The van der Waals surface area contributed by atoms with Crippen LogP contribution in [-0.4, -0.2) is 93.1 Å². The summed E-state index contributed by atoms with van der Waals surface area (Å²) in [4.78, 5) is 0. The molecule has 0 radical (unpaired) electrons. The number of aliphatic hydroxyl groups excluding tert-OH is 6. The standard InChI is InChI=1S/C10H18O9/c11-3-1-17-9(7(15)5(3)13)19-10-8(16)6(14)4(12)2-18-10/h3-16H,1-2H2/t3-,4-,5-,6-,7+,8+,9-,10+/m0/s1. The molecule has 6 N–H and O–H groups in total. The molecule has 9 heteroatoms. The van der Waals surface area contributed by atoms with Crippen molar-refractivity contribution < 1.29 is 44.8 Å². The molecule has 2 saturated heterocycles. The van der Waals surface area contributed by atoms with Crippen molar-refractivity contribution in [2.75, 3.05) is 13.2 Å². The summed E-state index contributed by atoms with van der Waals surface area (Å²) in [5.41, 5.74) is 0. The van der Waals surface area contributed by atoms with Crippen LogP contribution in [0.1, 0.15) is 0 Å². The van der Waals surface area contributed by atoms with Gasteiger partial charge in [-0.1, -0.05) is 0 Å². The molecule has 2 aliphatic rings. The van der Waals surface area contributed by atoms with Crippen LogP contribution >= 0.6 is 0 Å². The molecule has 0 aromatic carbocycles. The Labute approximate surface area is 108 Å². The van der Waals surface area contributed by atoms with Crippen molar-refractivity contribution >= 4 is 0 Å². The molecule has 2 heterocycles. The molecule has 9 nitrogen and oxygen atoms in total. The maximum absolute atomic E-state index is 9.63. The summed E-state index contributed by atoms with van der Waals surface area (Å²) in [6.07, 6.45) is -11.1. The normalized spacial score (nSPS) is 52.1. The summed E-state index contributed by atoms with van der Waals surface area (Å²) >= 11 is 0. The van der Waals surface area contributed by atoms with Crippen molar-refractivity contribution in [3.05, 3.63) is 0 Å². The molecular weight excluding hydrogens is 264 g/mol. The molecule has 0 saturated carbocycles. The van der Waals surface area contributed by atoms with E-state index in [1.165, 1.54) is 0 Å². The zero-order valence-corrected chi connectivity index (χ0v) is 9.94. The van der Waals surface area contributed by atoms with Crippen LogP contribution in [0.25, 0.3) is 0 Å². The van der Waals surface area contributed by atoms with E-state index in [-0.39, 0.29) is 13.2 Å². The maximum atomic E-state index is 9.63. The Morgan fingerprint density at radius 2 is 1.00 bits per heavy atom. The lowest BCUT2D eigenvalue weighted by Gasteiger charge is -2.40. The van der Waals surface area contributed by atoms with Crippen LogP contribution in [0, 0.1) is 0 Å². The van der Waals surface area contributed by atoms with E-state index in [1.807, 2.05) is 0 Å². The molecular formula is C10H18O9. The fourth-order valence-corrected chi connectivity index (χ4v) is 1.93. The fourth-order valence-electron chi connectivity index (χ4n) is 1.93. The van der Waals surface area contributed by atoms with E-state index in [1.54, 1.807) is 0 Å². The van der Waals surface area contributed by atoms with Gasteiger partial charge in [-0.05, 0) is 0 Å². The monoisotopic (exact) mass is 282 g/mol. The summed E-state index contributed by atoms with van der Waals surface area (Å²) in [7, 11) is 0. The molecule has 8 atom stereocenters. The second-order valence-electron chi connectivity index (χ2n) is 4.64. The van der Waals surface area contributed by atoms with Crippen LogP contribution in [0.3, 0.4) is 0 Å². The first-order chi connectivity index (χ1) is 8.91. The van der Waals surface area contributed by atoms with Crippen LogP contribution in [0.2, 0.25) is 0 Å². The first kappa shape index (κ1) is 15.0. The molecule has 0 aliphatic carbocycles. The minimum Gasteiger partial charge on any atom is -0.388 e. The van der Waals surface area contributed by atoms with Crippen LogP contribution in [0.5, 0.6) is 0 Å². The number of hydrogen-bond acceptors (Lipinski definition) is 9. The molecule has 19 heavy (non-hydrogen) atoms. The first-order valence-corrected chi connectivity index (χ1v) is 5.89. The van der Waals surface area contributed by atoms with Crippen LogP contribution in [0.15, 0.2) is 0 Å². The number of rotatable bonds is 2. The van der Waals surface area contributed by atoms with Gasteiger partial charge in [-0.2, -0.15) is 0 Å². The second kappa shape index (κ2) is 5.95. The predicted octanol–water partition coefficient (Wildman–Crippen LogP) is -4.12. The van der Waals surface area contributed by atoms with Gasteiger partial charge in [-0.25, -0.2) is 0 Å². The summed E-state index contributed by atoms with van der Waals surface area (Å²) in [5, 5.41) is 56.7. The lowest BCUT2D eigenvalue weighted by Crippen LogP contribution is -2.59. The van der Waals surface area contributed by atoms with Crippen molar-refractivity contribution in [2.45, 2.75) is 49.2 Å². The van der Waals surface area contributed by atoms with E-state index in [4.69, 9.17) is 14.2 Å². The molecule has 0 amide bonds. The van der Waals surface area contributed by atoms with E-state index in [0.29, 0.717) is 0 Å². The molecule has 112 valence electrons. The van der Waals surface area contributed by atoms with Crippen molar-refractivity contribution in [3.63, 3.8) is 0 Å². The van der Waals surface area contributed by atoms with Gasteiger partial charge in [0.15, 0.2) is 12.6 Å². The third-order valence-electron chi connectivity index (χ3n) is 3.18. The summed E-state index contributed by atoms with van der Waals surface area (Å²) in [6.45, 7) is -0.506. The predicted molar refractivity (Wildman–Crippen MR) is 56.6 cm³/mol. The Kier molecular flexibility index (Phi) is 4.71. The van der Waals surface area contributed by atoms with Gasteiger partial charge in [-0.15, -0.1) is 0 Å². The molecule has 0 bridgehead atoms. The lowest BCUT2D eigenvalue weighted by molar-refractivity contribution is -0.350. The van der Waals surface area contributed by atoms with E-state index in [0.717, 1.165) is 0 Å². The quantitative estimate of drug-likeness (QED) is 0.297. The number of ether oxygens (including phenoxy) is 3. The topological polar surface area (TPSA) is 149 Å². The smallest absolute Gasteiger partial charge is 0.189 e. The zero-order valence-electron chi connectivity index (χ0n) is 9.94. The second-order valence-corrected chi connectivity index (χ2v) is 4.64. The van der Waals surface area contributed by atoms with E-state index in [9.17, 15) is 30.6 Å². The van der Waals surface area contributed by atoms with Crippen LogP contribution in [-0.2, 0) is 14.2 Å². The van der Waals surface area contributed by atoms with Gasteiger partial charge >= 0.3 is 0 Å². The van der Waals surface area contributed by atoms with Crippen molar-refractivity contribution in [3.8, 4) is 0 Å². The minimum absolute atomic E-state index is 0.253. The Bertz CT molecular complexity index is 273. The molecule has 0 unspecified atom stereocenters. The van der Waals surface area contributed by atoms with Gasteiger partial charge in [0, 0.05) is 0 Å².